The lowest BCUT2D eigenvalue weighted by molar-refractivity contribution is 0.0995. The molecule has 0 bridgehead atoms. The number of amides is 1. The van der Waals surface area contributed by atoms with E-state index in [0.717, 1.165) is 25.5 Å². The van der Waals surface area contributed by atoms with Crippen molar-refractivity contribution in [3.8, 4) is 0 Å². The second-order valence-corrected chi connectivity index (χ2v) is 4.71. The fraction of sp³-hybridized carbons (Fsp3) is 0.500. The van der Waals surface area contributed by atoms with Crippen LogP contribution >= 0.6 is 0 Å². The molecule has 3 rings (SSSR count). The first kappa shape index (κ1) is 10.5. The highest BCUT2D eigenvalue weighted by Crippen LogP contribution is 2.30. The van der Waals surface area contributed by atoms with Gasteiger partial charge in [-0.25, -0.2) is 4.98 Å². The Hall–Kier alpha value is -1.62. The summed E-state index contributed by atoms with van der Waals surface area (Å²) < 4.78 is 0. The lowest BCUT2D eigenvalue weighted by Gasteiger charge is -2.24. The van der Waals surface area contributed by atoms with Gasteiger partial charge in [-0.15, -0.1) is 0 Å². The highest BCUT2D eigenvalue weighted by atomic mass is 16.1. The number of nitrogens with one attached hydrogen (secondary N) is 1. The fourth-order valence-corrected chi connectivity index (χ4v) is 2.85. The number of fused-ring (bicyclic) bond motifs is 1. The van der Waals surface area contributed by atoms with Crippen molar-refractivity contribution >= 4 is 11.7 Å². The third-order valence-corrected chi connectivity index (χ3v) is 3.73. The molecule has 0 saturated carbocycles. The number of carbonyl (C=O) groups excluding carboxylic acids is 1. The van der Waals surface area contributed by atoms with E-state index in [0.29, 0.717) is 17.7 Å². The Morgan fingerprint density at radius 3 is 3.18 bits per heavy atom. The van der Waals surface area contributed by atoms with Gasteiger partial charge in [0, 0.05) is 25.7 Å². The van der Waals surface area contributed by atoms with Gasteiger partial charge in [0.1, 0.15) is 11.5 Å². The zero-order valence-electron chi connectivity index (χ0n) is 9.60. The van der Waals surface area contributed by atoms with Crippen molar-refractivity contribution in [2.24, 2.45) is 11.7 Å². The molecule has 3 heterocycles. The first-order valence-electron chi connectivity index (χ1n) is 6.00. The Morgan fingerprint density at radius 2 is 2.35 bits per heavy atom. The average Bonchev–Trinajstić information content (AvgIpc) is 2.90. The highest BCUT2D eigenvalue weighted by molar-refractivity contribution is 5.91. The number of hydrogen-bond acceptors (Lipinski definition) is 4. The molecule has 2 fully saturated rings. The summed E-state index contributed by atoms with van der Waals surface area (Å²) in [4.78, 5) is 17.8. The number of carbonyl (C=O) groups is 1. The van der Waals surface area contributed by atoms with Crippen molar-refractivity contribution in [1.82, 2.24) is 10.3 Å². The molecular formula is C12H16N4O. The number of aromatic nitrogens is 1. The molecule has 0 aliphatic carbocycles. The number of anilines is 1. The van der Waals surface area contributed by atoms with E-state index < -0.39 is 5.91 Å². The Labute approximate surface area is 100 Å². The van der Waals surface area contributed by atoms with E-state index in [2.05, 4.69) is 15.2 Å². The number of hydrogen-bond donors (Lipinski definition) is 2. The van der Waals surface area contributed by atoms with Crippen LogP contribution in [0.3, 0.4) is 0 Å². The lowest BCUT2D eigenvalue weighted by atomic mass is 10.1. The van der Waals surface area contributed by atoms with Gasteiger partial charge < -0.3 is 16.0 Å². The number of primary amides is 1. The van der Waals surface area contributed by atoms with Crippen LogP contribution in [-0.4, -0.2) is 36.6 Å². The van der Waals surface area contributed by atoms with Crippen LogP contribution in [0.5, 0.6) is 0 Å². The van der Waals surface area contributed by atoms with Crippen LogP contribution in [0.2, 0.25) is 0 Å². The Morgan fingerprint density at radius 1 is 1.47 bits per heavy atom. The van der Waals surface area contributed by atoms with Gasteiger partial charge in [-0.05, 0) is 24.5 Å². The topological polar surface area (TPSA) is 71.2 Å². The average molecular weight is 232 g/mol. The van der Waals surface area contributed by atoms with E-state index in [1.807, 2.05) is 12.1 Å². The second kappa shape index (κ2) is 4.00. The number of rotatable bonds is 2. The molecule has 5 heteroatoms. The molecule has 1 amide bonds. The van der Waals surface area contributed by atoms with E-state index in [-0.39, 0.29) is 0 Å². The first-order valence-corrected chi connectivity index (χ1v) is 6.00. The van der Waals surface area contributed by atoms with Crippen LogP contribution < -0.4 is 16.0 Å². The van der Waals surface area contributed by atoms with Crippen molar-refractivity contribution in [1.29, 1.82) is 0 Å². The Bertz CT molecular complexity index is 448. The molecule has 5 nitrogen and oxygen atoms in total. The summed E-state index contributed by atoms with van der Waals surface area (Å²) >= 11 is 0. The zero-order chi connectivity index (χ0) is 11.8. The van der Waals surface area contributed by atoms with Crippen LogP contribution in [0.4, 0.5) is 5.82 Å². The van der Waals surface area contributed by atoms with Crippen LogP contribution in [0.15, 0.2) is 18.2 Å². The zero-order valence-corrected chi connectivity index (χ0v) is 9.60. The minimum Gasteiger partial charge on any atom is -0.364 e. The van der Waals surface area contributed by atoms with Gasteiger partial charge in [-0.1, -0.05) is 6.07 Å². The smallest absolute Gasteiger partial charge is 0.267 e. The highest BCUT2D eigenvalue weighted by Gasteiger charge is 2.38. The molecule has 0 spiro atoms. The quantitative estimate of drug-likeness (QED) is 0.751. The van der Waals surface area contributed by atoms with Gasteiger partial charge in [-0.3, -0.25) is 4.79 Å². The molecule has 0 radical (unpaired) electrons. The molecule has 0 aromatic carbocycles. The van der Waals surface area contributed by atoms with Gasteiger partial charge in [-0.2, -0.15) is 0 Å². The molecule has 3 N–H and O–H groups in total. The van der Waals surface area contributed by atoms with Crippen molar-refractivity contribution in [3.63, 3.8) is 0 Å². The fourth-order valence-electron chi connectivity index (χ4n) is 2.85. The first-order chi connectivity index (χ1) is 8.25. The van der Waals surface area contributed by atoms with Crippen molar-refractivity contribution in [2.45, 2.75) is 12.5 Å². The molecule has 17 heavy (non-hydrogen) atoms. The summed E-state index contributed by atoms with van der Waals surface area (Å²) in [5.41, 5.74) is 5.60. The number of pyridine rings is 1. The maximum absolute atomic E-state index is 11.1. The minimum atomic E-state index is -0.466. The predicted octanol–water partition coefficient (Wildman–Crippen LogP) is -0.0214. The second-order valence-electron chi connectivity index (χ2n) is 4.71. The minimum absolute atomic E-state index is 0.344. The molecule has 1 aromatic heterocycles. The van der Waals surface area contributed by atoms with E-state index in [1.54, 1.807) is 6.07 Å². The third kappa shape index (κ3) is 1.76. The monoisotopic (exact) mass is 232 g/mol. The van der Waals surface area contributed by atoms with E-state index in [4.69, 9.17) is 5.73 Å². The summed E-state index contributed by atoms with van der Waals surface area (Å²) in [6.45, 7) is 3.12. The number of nitrogens with zero attached hydrogens (tertiary/aromatic N) is 2. The van der Waals surface area contributed by atoms with Gasteiger partial charge in [0.15, 0.2) is 0 Å². The van der Waals surface area contributed by atoms with Crippen LogP contribution in [-0.2, 0) is 0 Å². The molecule has 0 unspecified atom stereocenters. The van der Waals surface area contributed by atoms with Gasteiger partial charge in [0.25, 0.3) is 5.91 Å². The standard InChI is InChI=1S/C12H16N4O/c13-12(17)9-2-1-3-11(15-9)16-5-4-8-6-14-7-10(8)16/h1-3,8,10,14H,4-7H2,(H2,13,17)/t8-,10+/m0/s1. The number of nitrogens with two attached hydrogens (primary N) is 1. The summed E-state index contributed by atoms with van der Waals surface area (Å²) in [6.07, 6.45) is 1.19. The van der Waals surface area contributed by atoms with Crippen molar-refractivity contribution in [3.05, 3.63) is 23.9 Å². The van der Waals surface area contributed by atoms with Crippen molar-refractivity contribution < 1.29 is 4.79 Å². The van der Waals surface area contributed by atoms with Crippen LogP contribution in [0.1, 0.15) is 16.9 Å². The molecule has 2 saturated heterocycles. The summed E-state index contributed by atoms with van der Waals surface area (Å²) in [7, 11) is 0. The predicted molar refractivity (Wildman–Crippen MR) is 64.9 cm³/mol. The van der Waals surface area contributed by atoms with Crippen LogP contribution in [0, 0.1) is 5.92 Å². The summed E-state index contributed by atoms with van der Waals surface area (Å²) in [5.74, 6) is 1.12. The summed E-state index contributed by atoms with van der Waals surface area (Å²) in [6, 6.07) is 5.98. The van der Waals surface area contributed by atoms with Crippen molar-refractivity contribution in [2.75, 3.05) is 24.5 Å². The maximum Gasteiger partial charge on any atom is 0.267 e. The van der Waals surface area contributed by atoms with E-state index in [9.17, 15) is 4.79 Å². The molecular weight excluding hydrogens is 216 g/mol. The van der Waals surface area contributed by atoms with Gasteiger partial charge in [0.2, 0.25) is 0 Å². The Balaban J connectivity index is 1.88. The van der Waals surface area contributed by atoms with Crippen LogP contribution in [0.25, 0.3) is 0 Å². The summed E-state index contributed by atoms with van der Waals surface area (Å²) in [5, 5.41) is 3.40. The lowest BCUT2D eigenvalue weighted by Crippen LogP contribution is -2.35. The normalized spacial score (nSPS) is 27.2. The van der Waals surface area contributed by atoms with E-state index in [1.165, 1.54) is 6.42 Å². The molecule has 90 valence electrons. The SMILES string of the molecule is NC(=O)c1cccc(N2CC[C@H]3CNC[C@H]32)n1. The molecule has 2 atom stereocenters. The largest absolute Gasteiger partial charge is 0.364 e. The molecule has 1 aromatic rings. The Kier molecular flexibility index (Phi) is 2.48. The molecule has 2 aliphatic heterocycles. The van der Waals surface area contributed by atoms with E-state index >= 15 is 0 Å². The molecule has 2 aliphatic rings. The van der Waals surface area contributed by atoms with Gasteiger partial charge >= 0.3 is 0 Å². The van der Waals surface area contributed by atoms with Gasteiger partial charge in [0.05, 0.1) is 0 Å². The maximum atomic E-state index is 11.1. The third-order valence-electron chi connectivity index (χ3n) is 3.73.